The summed E-state index contributed by atoms with van der Waals surface area (Å²) in [6, 6.07) is 8.70. The molecule has 3 heterocycles. The Bertz CT molecular complexity index is 1040. The van der Waals surface area contributed by atoms with Crippen LogP contribution in [0.3, 0.4) is 0 Å². The number of hydrogen-bond acceptors (Lipinski definition) is 7. The van der Waals surface area contributed by atoms with Crippen LogP contribution in [0, 0.1) is 18.3 Å². The highest BCUT2D eigenvalue weighted by molar-refractivity contribution is 5.94. The second-order valence-electron chi connectivity index (χ2n) is 7.99. The van der Waals surface area contributed by atoms with Crippen LogP contribution in [0.15, 0.2) is 30.5 Å². The predicted molar refractivity (Wildman–Crippen MR) is 111 cm³/mol. The molecule has 2 aliphatic heterocycles. The molecule has 1 aromatic heterocycles. The van der Waals surface area contributed by atoms with E-state index < -0.39 is 6.10 Å². The van der Waals surface area contributed by atoms with Crippen LogP contribution in [0.5, 0.6) is 0 Å². The van der Waals surface area contributed by atoms with Crippen molar-refractivity contribution in [3.8, 4) is 6.07 Å². The third kappa shape index (κ3) is 4.43. The Morgan fingerprint density at radius 1 is 1.35 bits per heavy atom. The molecule has 2 N–H and O–H groups in total. The Kier molecular flexibility index (Phi) is 5.98. The fourth-order valence-corrected chi connectivity index (χ4v) is 4.19. The van der Waals surface area contributed by atoms with Gasteiger partial charge < -0.3 is 20.1 Å². The number of aliphatic hydroxyl groups excluding tert-OH is 1. The van der Waals surface area contributed by atoms with Gasteiger partial charge in [0, 0.05) is 37.4 Å². The molecule has 0 spiro atoms. The highest BCUT2D eigenvalue weighted by atomic mass is 16.5. The van der Waals surface area contributed by atoms with Crippen molar-refractivity contribution in [2.45, 2.75) is 38.5 Å². The van der Waals surface area contributed by atoms with Gasteiger partial charge in [-0.05, 0) is 49.1 Å². The minimum atomic E-state index is -0.657. The van der Waals surface area contributed by atoms with Crippen molar-refractivity contribution >= 4 is 11.9 Å². The van der Waals surface area contributed by atoms with Crippen molar-refractivity contribution in [1.82, 2.24) is 15.2 Å². The molecular weight excluding hydrogens is 396 g/mol. The number of esters is 1. The number of β-amino-alcohol motifs (C(OH)–C–C–N with tert-alkyl or cyclic N) is 1. The average Bonchev–Trinajstić information content (AvgIpc) is 3.17. The number of likely N-dealkylation sites (tertiary alicyclic amines) is 1. The number of amides is 1. The topological polar surface area (TPSA) is 116 Å². The van der Waals surface area contributed by atoms with E-state index in [4.69, 9.17) is 10.00 Å². The number of nitriles is 1. The zero-order chi connectivity index (χ0) is 22.0. The molecule has 1 unspecified atom stereocenters. The number of benzene rings is 1. The number of ether oxygens (including phenoxy) is 1. The highest BCUT2D eigenvalue weighted by Crippen LogP contribution is 2.29. The summed E-state index contributed by atoms with van der Waals surface area (Å²) in [4.78, 5) is 30.3. The van der Waals surface area contributed by atoms with E-state index in [0.717, 1.165) is 42.6 Å². The van der Waals surface area contributed by atoms with Gasteiger partial charge >= 0.3 is 5.97 Å². The van der Waals surface area contributed by atoms with Crippen molar-refractivity contribution < 1.29 is 19.4 Å². The number of pyridine rings is 1. The molecule has 8 nitrogen and oxygen atoms in total. The monoisotopic (exact) mass is 420 g/mol. The summed E-state index contributed by atoms with van der Waals surface area (Å²) in [5.74, 6) is -0.548. The molecule has 8 heteroatoms. The first-order valence-corrected chi connectivity index (χ1v) is 10.3. The lowest BCUT2D eigenvalue weighted by molar-refractivity contribution is 0.0534. The number of nitrogens with one attached hydrogen (secondary N) is 1. The average molecular weight is 420 g/mol. The van der Waals surface area contributed by atoms with Gasteiger partial charge in [-0.2, -0.15) is 5.26 Å². The van der Waals surface area contributed by atoms with Gasteiger partial charge in [0.2, 0.25) is 0 Å². The lowest BCUT2D eigenvalue weighted by Crippen LogP contribution is -2.45. The second kappa shape index (κ2) is 8.84. The van der Waals surface area contributed by atoms with Crippen molar-refractivity contribution in [2.75, 3.05) is 19.6 Å². The van der Waals surface area contributed by atoms with E-state index in [1.807, 2.05) is 19.1 Å². The number of hydrogen-bond donors (Lipinski definition) is 2. The number of fused-ring (bicyclic) bond motifs is 1. The molecule has 160 valence electrons. The van der Waals surface area contributed by atoms with Gasteiger partial charge in [0.1, 0.15) is 18.4 Å². The maximum atomic E-state index is 12.4. The lowest BCUT2D eigenvalue weighted by atomic mass is 9.94. The minimum Gasteiger partial charge on any atom is -0.457 e. The molecular formula is C23H24N4O4. The first-order chi connectivity index (χ1) is 15.0. The van der Waals surface area contributed by atoms with E-state index in [1.165, 1.54) is 6.20 Å². The molecule has 31 heavy (non-hydrogen) atoms. The van der Waals surface area contributed by atoms with Crippen LogP contribution >= 0.6 is 0 Å². The molecule has 0 bridgehead atoms. The van der Waals surface area contributed by atoms with Gasteiger partial charge in [0.15, 0.2) is 0 Å². The first-order valence-electron chi connectivity index (χ1n) is 10.3. The third-order valence-corrected chi connectivity index (χ3v) is 6.05. The number of cyclic esters (lactones) is 1. The van der Waals surface area contributed by atoms with E-state index in [0.29, 0.717) is 23.4 Å². The Hall–Kier alpha value is -3.28. The van der Waals surface area contributed by atoms with Crippen molar-refractivity contribution in [2.24, 2.45) is 0 Å². The number of rotatable bonds is 5. The first kappa shape index (κ1) is 21.0. The fraction of sp³-hybridized carbons (Fsp3) is 0.391. The van der Waals surface area contributed by atoms with Crippen LogP contribution in [0.2, 0.25) is 0 Å². The van der Waals surface area contributed by atoms with Gasteiger partial charge in [-0.3, -0.25) is 4.79 Å². The maximum absolute atomic E-state index is 12.4. The van der Waals surface area contributed by atoms with Crippen molar-refractivity contribution in [3.63, 3.8) is 0 Å². The van der Waals surface area contributed by atoms with Crippen molar-refractivity contribution in [3.05, 3.63) is 64.0 Å². The molecule has 1 fully saturated rings. The molecule has 1 amide bonds. The molecule has 0 radical (unpaired) electrons. The predicted octanol–water partition coefficient (Wildman–Crippen LogP) is 1.86. The van der Waals surface area contributed by atoms with Crippen LogP contribution in [-0.2, 0) is 11.3 Å². The van der Waals surface area contributed by atoms with Gasteiger partial charge in [-0.15, -0.1) is 0 Å². The molecule has 1 atom stereocenters. The Balaban J connectivity index is 1.30. The summed E-state index contributed by atoms with van der Waals surface area (Å²) in [5.41, 5.74) is 3.89. The van der Waals surface area contributed by atoms with Crippen LogP contribution in [0.4, 0.5) is 0 Å². The van der Waals surface area contributed by atoms with Crippen LogP contribution in [0.1, 0.15) is 62.0 Å². The Morgan fingerprint density at radius 2 is 2.13 bits per heavy atom. The van der Waals surface area contributed by atoms with Crippen LogP contribution in [0.25, 0.3) is 0 Å². The smallest absolute Gasteiger partial charge is 0.338 e. The SMILES string of the molecule is Cc1c(C(O)CN2CCC(NC(=O)c3ccc(C#N)cn3)CC2)ccc2c1COC2=O. The van der Waals surface area contributed by atoms with E-state index >= 15 is 0 Å². The zero-order valence-electron chi connectivity index (χ0n) is 17.3. The number of carbonyl (C=O) groups excluding carboxylic acids is 2. The molecule has 2 aromatic rings. The molecule has 2 aliphatic rings. The van der Waals surface area contributed by atoms with Gasteiger partial charge in [-0.25, -0.2) is 9.78 Å². The van der Waals surface area contributed by atoms with E-state index in [1.54, 1.807) is 18.2 Å². The Morgan fingerprint density at radius 3 is 2.81 bits per heavy atom. The number of aromatic nitrogens is 1. The van der Waals surface area contributed by atoms with Crippen LogP contribution in [-0.4, -0.2) is 52.5 Å². The number of piperidine rings is 1. The fourth-order valence-electron chi connectivity index (χ4n) is 4.19. The van der Waals surface area contributed by atoms with Gasteiger partial charge in [0.05, 0.1) is 17.2 Å². The molecule has 1 aromatic carbocycles. The molecule has 0 saturated carbocycles. The third-order valence-electron chi connectivity index (χ3n) is 6.05. The number of aliphatic hydroxyl groups is 1. The zero-order valence-corrected chi connectivity index (χ0v) is 17.3. The van der Waals surface area contributed by atoms with Crippen LogP contribution < -0.4 is 5.32 Å². The van der Waals surface area contributed by atoms with Crippen molar-refractivity contribution in [1.29, 1.82) is 5.26 Å². The summed E-state index contributed by atoms with van der Waals surface area (Å²) in [5, 5.41) is 22.6. The normalized spacial score (nSPS) is 17.5. The number of carbonyl (C=O) groups is 2. The summed E-state index contributed by atoms with van der Waals surface area (Å²) >= 11 is 0. The molecule has 0 aliphatic carbocycles. The van der Waals surface area contributed by atoms with E-state index in [-0.39, 0.29) is 24.5 Å². The second-order valence-corrected chi connectivity index (χ2v) is 7.99. The standard InChI is InChI=1S/C23H24N4O4/c1-14-17(3-4-18-19(14)13-31-23(18)30)21(28)12-27-8-6-16(7-9-27)26-22(29)20-5-2-15(10-24)11-25-20/h2-5,11,16,21,28H,6-9,12-13H2,1H3,(H,26,29). The minimum absolute atomic E-state index is 0.0447. The summed E-state index contributed by atoms with van der Waals surface area (Å²) in [7, 11) is 0. The van der Waals surface area contributed by atoms with E-state index in [9.17, 15) is 14.7 Å². The highest BCUT2D eigenvalue weighted by Gasteiger charge is 2.27. The molecule has 1 saturated heterocycles. The number of nitrogens with zero attached hydrogens (tertiary/aromatic N) is 3. The Labute approximate surface area is 180 Å². The summed E-state index contributed by atoms with van der Waals surface area (Å²) in [6.45, 7) is 4.19. The molecule has 4 rings (SSSR count). The quantitative estimate of drug-likeness (QED) is 0.710. The maximum Gasteiger partial charge on any atom is 0.338 e. The summed E-state index contributed by atoms with van der Waals surface area (Å²) < 4.78 is 5.09. The lowest BCUT2D eigenvalue weighted by Gasteiger charge is -2.33. The largest absolute Gasteiger partial charge is 0.457 e. The van der Waals surface area contributed by atoms with E-state index in [2.05, 4.69) is 15.2 Å². The summed E-state index contributed by atoms with van der Waals surface area (Å²) in [6.07, 6.45) is 2.29. The van der Waals surface area contributed by atoms with Gasteiger partial charge in [0.25, 0.3) is 5.91 Å². The van der Waals surface area contributed by atoms with Gasteiger partial charge in [-0.1, -0.05) is 6.07 Å².